The number of rotatable bonds is 5. The van der Waals surface area contributed by atoms with Gasteiger partial charge in [0.15, 0.2) is 0 Å². The molecule has 0 spiro atoms. The molecule has 0 saturated carbocycles. The van der Waals surface area contributed by atoms with E-state index in [9.17, 15) is 18.8 Å². The quantitative estimate of drug-likeness (QED) is 0.724. The smallest absolute Gasteiger partial charge is 0.332 e. The topological polar surface area (TPSA) is 87.3 Å². The summed E-state index contributed by atoms with van der Waals surface area (Å²) in [6.45, 7) is 0.494. The van der Waals surface area contributed by atoms with Crippen molar-refractivity contribution < 1.29 is 13.9 Å². The number of aromatic nitrogens is 3. The van der Waals surface area contributed by atoms with Crippen molar-refractivity contribution in [3.05, 3.63) is 62.7 Å². The molecule has 3 aromatic rings. The Morgan fingerprint density at radius 1 is 1.19 bits per heavy atom. The van der Waals surface area contributed by atoms with Crippen LogP contribution in [-0.4, -0.2) is 33.3 Å². The summed E-state index contributed by atoms with van der Waals surface area (Å²) in [5.74, 6) is -1.17. The fourth-order valence-electron chi connectivity index (χ4n) is 2.99. The number of methoxy groups -OCH3 is 1. The van der Waals surface area contributed by atoms with Crippen molar-refractivity contribution in [2.45, 2.75) is 6.54 Å². The van der Waals surface area contributed by atoms with E-state index in [4.69, 9.17) is 4.74 Å². The summed E-state index contributed by atoms with van der Waals surface area (Å²) in [7, 11) is 4.39. The normalized spacial score (nSPS) is 11.1. The molecular weight excluding hydrogens is 355 g/mol. The number of amides is 1. The van der Waals surface area contributed by atoms with E-state index in [2.05, 4.69) is 5.32 Å². The number of nitrogens with one attached hydrogen (secondary N) is 1. The molecule has 0 aliphatic heterocycles. The van der Waals surface area contributed by atoms with Crippen LogP contribution in [0.15, 0.2) is 39.9 Å². The Kier molecular flexibility index (Phi) is 4.95. The summed E-state index contributed by atoms with van der Waals surface area (Å²) < 4.78 is 22.7. The van der Waals surface area contributed by atoms with E-state index in [1.54, 1.807) is 6.07 Å². The van der Waals surface area contributed by atoms with E-state index in [1.165, 1.54) is 54.6 Å². The van der Waals surface area contributed by atoms with Crippen LogP contribution in [0, 0.1) is 5.82 Å². The lowest BCUT2D eigenvalue weighted by atomic mass is 10.3. The fraction of sp³-hybridized carbons (Fsp3) is 0.278. The summed E-state index contributed by atoms with van der Waals surface area (Å²) in [6, 6.07) is 7.18. The van der Waals surface area contributed by atoms with Crippen LogP contribution < -0.4 is 16.6 Å². The molecule has 8 nitrogen and oxygen atoms in total. The summed E-state index contributed by atoms with van der Waals surface area (Å²) in [6.07, 6.45) is 0. The fourth-order valence-corrected chi connectivity index (χ4v) is 2.99. The van der Waals surface area contributed by atoms with Gasteiger partial charge < -0.3 is 14.6 Å². The third kappa shape index (κ3) is 3.17. The maximum atomic E-state index is 13.9. The van der Waals surface area contributed by atoms with Crippen molar-refractivity contribution in [3.63, 3.8) is 0 Å². The number of hydrogen-bond acceptors (Lipinski definition) is 4. The molecule has 2 aromatic heterocycles. The van der Waals surface area contributed by atoms with Crippen LogP contribution in [0.25, 0.3) is 11.0 Å². The van der Waals surface area contributed by atoms with Crippen molar-refractivity contribution in [1.82, 2.24) is 13.7 Å². The number of carbonyl (C=O) groups excluding carboxylic acids is 1. The molecule has 2 heterocycles. The van der Waals surface area contributed by atoms with Gasteiger partial charge in [0.05, 0.1) is 17.7 Å². The number of hydrogen-bond donors (Lipinski definition) is 1. The average Bonchev–Trinajstić information content (AvgIpc) is 3.04. The Bertz CT molecular complexity index is 1140. The van der Waals surface area contributed by atoms with Crippen molar-refractivity contribution >= 4 is 22.6 Å². The van der Waals surface area contributed by atoms with E-state index in [1.807, 2.05) is 0 Å². The summed E-state index contributed by atoms with van der Waals surface area (Å²) in [5.41, 5.74) is -0.565. The second-order valence-electron chi connectivity index (χ2n) is 6.05. The first-order chi connectivity index (χ1) is 12.9. The molecule has 0 radical (unpaired) electrons. The zero-order chi connectivity index (χ0) is 19.7. The highest BCUT2D eigenvalue weighted by Crippen LogP contribution is 2.19. The molecule has 0 unspecified atom stereocenters. The monoisotopic (exact) mass is 374 g/mol. The van der Waals surface area contributed by atoms with E-state index in [-0.39, 0.29) is 29.9 Å². The number of anilines is 1. The van der Waals surface area contributed by atoms with Crippen LogP contribution in [0.3, 0.4) is 0 Å². The van der Waals surface area contributed by atoms with E-state index in [0.717, 1.165) is 4.57 Å². The highest BCUT2D eigenvalue weighted by atomic mass is 19.1. The standard InChI is InChI=1S/C18H19FN4O4/c1-21-16-11(17(25)22(2)18(21)26)10-14(23(16)8-9-27-3)15(24)20-13-7-5-4-6-12(13)19/h4-7,10H,8-9H2,1-3H3,(H,20,24). The zero-order valence-electron chi connectivity index (χ0n) is 15.2. The van der Waals surface area contributed by atoms with Crippen LogP contribution in [-0.2, 0) is 25.4 Å². The van der Waals surface area contributed by atoms with Crippen LogP contribution in [0.4, 0.5) is 10.1 Å². The Morgan fingerprint density at radius 3 is 2.56 bits per heavy atom. The number of halogens is 1. The zero-order valence-corrected chi connectivity index (χ0v) is 15.2. The summed E-state index contributed by atoms with van der Waals surface area (Å²) in [4.78, 5) is 37.5. The molecule has 0 atom stereocenters. The van der Waals surface area contributed by atoms with Gasteiger partial charge in [-0.1, -0.05) is 12.1 Å². The van der Waals surface area contributed by atoms with Gasteiger partial charge >= 0.3 is 5.69 Å². The van der Waals surface area contributed by atoms with Gasteiger partial charge in [0.25, 0.3) is 11.5 Å². The Labute approximate surface area is 153 Å². The Balaban J connectivity index is 2.20. The second-order valence-corrected chi connectivity index (χ2v) is 6.05. The molecule has 27 heavy (non-hydrogen) atoms. The van der Waals surface area contributed by atoms with Gasteiger partial charge in [-0.2, -0.15) is 0 Å². The van der Waals surface area contributed by atoms with Gasteiger partial charge in [-0.3, -0.25) is 18.7 Å². The van der Waals surface area contributed by atoms with Gasteiger partial charge in [-0.15, -0.1) is 0 Å². The van der Waals surface area contributed by atoms with Gasteiger partial charge in [0.2, 0.25) is 0 Å². The van der Waals surface area contributed by atoms with Crippen LogP contribution >= 0.6 is 0 Å². The number of benzene rings is 1. The number of carbonyl (C=O) groups is 1. The first-order valence-corrected chi connectivity index (χ1v) is 8.21. The van der Waals surface area contributed by atoms with Gasteiger partial charge in [-0.25, -0.2) is 9.18 Å². The predicted octanol–water partition coefficient (Wildman–Crippen LogP) is 1.08. The summed E-state index contributed by atoms with van der Waals surface area (Å²) in [5, 5.41) is 2.72. The Hall–Kier alpha value is -3.20. The number of nitrogens with zero attached hydrogens (tertiary/aromatic N) is 3. The third-order valence-electron chi connectivity index (χ3n) is 4.37. The first kappa shape index (κ1) is 18.6. The number of fused-ring (bicyclic) bond motifs is 1. The number of ether oxygens (including phenoxy) is 1. The van der Waals surface area contributed by atoms with Gasteiger partial charge in [0.1, 0.15) is 17.2 Å². The molecule has 1 N–H and O–H groups in total. The molecule has 1 amide bonds. The number of aryl methyl sites for hydroxylation is 1. The average molecular weight is 374 g/mol. The molecule has 9 heteroatoms. The summed E-state index contributed by atoms with van der Waals surface area (Å²) >= 11 is 0. The highest BCUT2D eigenvalue weighted by Gasteiger charge is 2.21. The van der Waals surface area contributed by atoms with Crippen LogP contribution in [0.1, 0.15) is 10.5 Å². The predicted molar refractivity (Wildman–Crippen MR) is 98.6 cm³/mol. The van der Waals surface area contributed by atoms with Gasteiger partial charge in [0, 0.05) is 27.7 Å². The first-order valence-electron chi connectivity index (χ1n) is 8.21. The molecule has 0 bridgehead atoms. The van der Waals surface area contributed by atoms with Crippen molar-refractivity contribution in [2.24, 2.45) is 14.1 Å². The molecular formula is C18H19FN4O4. The van der Waals surface area contributed by atoms with E-state index >= 15 is 0 Å². The van der Waals surface area contributed by atoms with Crippen molar-refractivity contribution in [1.29, 1.82) is 0 Å². The molecule has 3 rings (SSSR count). The largest absolute Gasteiger partial charge is 0.383 e. The maximum Gasteiger partial charge on any atom is 0.332 e. The lowest BCUT2D eigenvalue weighted by Crippen LogP contribution is -2.37. The van der Waals surface area contributed by atoms with Crippen LogP contribution in [0.5, 0.6) is 0 Å². The van der Waals surface area contributed by atoms with E-state index < -0.39 is 23.0 Å². The minimum atomic E-state index is -0.595. The minimum Gasteiger partial charge on any atom is -0.383 e. The molecule has 142 valence electrons. The maximum absolute atomic E-state index is 13.9. The lowest BCUT2D eigenvalue weighted by Gasteiger charge is -2.13. The van der Waals surface area contributed by atoms with Crippen molar-refractivity contribution in [2.75, 3.05) is 19.0 Å². The molecule has 0 saturated heterocycles. The lowest BCUT2D eigenvalue weighted by molar-refractivity contribution is 0.101. The third-order valence-corrected chi connectivity index (χ3v) is 4.37. The highest BCUT2D eigenvalue weighted by molar-refractivity contribution is 6.06. The number of para-hydroxylation sites is 1. The molecule has 0 aliphatic carbocycles. The molecule has 0 aliphatic rings. The molecule has 0 fully saturated rings. The van der Waals surface area contributed by atoms with E-state index in [0.29, 0.717) is 5.65 Å². The minimum absolute atomic E-state index is 0.0211. The second kappa shape index (κ2) is 7.20. The van der Waals surface area contributed by atoms with Crippen LogP contribution in [0.2, 0.25) is 0 Å². The van der Waals surface area contributed by atoms with Crippen molar-refractivity contribution in [3.8, 4) is 0 Å². The molecule has 1 aromatic carbocycles. The SMILES string of the molecule is COCCn1c(C(=O)Nc2ccccc2F)cc2c(=O)n(C)c(=O)n(C)c21. The van der Waals surface area contributed by atoms with Gasteiger partial charge in [-0.05, 0) is 18.2 Å². The Morgan fingerprint density at radius 2 is 1.89 bits per heavy atom.